The Balaban J connectivity index is 2.90. The van der Waals surface area contributed by atoms with E-state index in [1.165, 1.54) is 17.7 Å². The van der Waals surface area contributed by atoms with Crippen LogP contribution in [0.15, 0.2) is 12.4 Å². The van der Waals surface area contributed by atoms with Crippen LogP contribution in [0.3, 0.4) is 0 Å². The molecule has 0 spiro atoms. The molecule has 0 fully saturated rings. The van der Waals surface area contributed by atoms with Crippen LogP contribution in [0.2, 0.25) is 0 Å². The molecule has 0 radical (unpaired) electrons. The third kappa shape index (κ3) is 0.894. The number of rotatable bonds is 0. The highest BCUT2D eigenvalue weighted by Crippen LogP contribution is 2.27. The van der Waals surface area contributed by atoms with Crippen LogP contribution in [-0.2, 0) is 0 Å². The lowest BCUT2D eigenvalue weighted by molar-refractivity contribution is 1.24. The number of thiophene rings is 1. The van der Waals surface area contributed by atoms with Crippen molar-refractivity contribution in [1.29, 1.82) is 0 Å². The number of fused-ring (bicyclic) bond motifs is 1. The van der Waals surface area contributed by atoms with Crippen LogP contribution in [0.5, 0.6) is 0 Å². The molecule has 0 amide bonds. The summed E-state index contributed by atoms with van der Waals surface area (Å²) in [5.41, 5.74) is 11.1. The van der Waals surface area contributed by atoms with Gasteiger partial charge in [-0.25, -0.2) is 9.97 Å². The van der Waals surface area contributed by atoms with Crippen LogP contribution in [0.4, 0.5) is 10.8 Å². The Morgan fingerprint density at radius 1 is 1.27 bits per heavy atom. The molecule has 0 aliphatic heterocycles. The molecule has 2 aromatic rings. The Kier molecular flexibility index (Phi) is 1.19. The zero-order chi connectivity index (χ0) is 7.84. The van der Waals surface area contributed by atoms with Gasteiger partial charge in [-0.3, -0.25) is 0 Å². The Hall–Kier alpha value is -1.36. The maximum absolute atomic E-state index is 5.57. The lowest BCUT2D eigenvalue weighted by Gasteiger charge is -1.89. The first-order valence-corrected chi connectivity index (χ1v) is 3.84. The molecule has 0 aliphatic rings. The fraction of sp³-hybridized carbons (Fsp3) is 0. The van der Waals surface area contributed by atoms with Crippen molar-refractivity contribution in [2.75, 3.05) is 11.5 Å². The van der Waals surface area contributed by atoms with E-state index in [2.05, 4.69) is 9.97 Å². The first-order valence-electron chi connectivity index (χ1n) is 3.03. The van der Waals surface area contributed by atoms with Gasteiger partial charge in [0.2, 0.25) is 0 Å². The summed E-state index contributed by atoms with van der Waals surface area (Å²) in [6.45, 7) is 0. The average molecular weight is 166 g/mol. The SMILES string of the molecule is Nc1cc2c(N)ncnc2s1. The van der Waals surface area contributed by atoms with Crippen LogP contribution >= 0.6 is 11.3 Å². The second-order valence-electron chi connectivity index (χ2n) is 2.13. The van der Waals surface area contributed by atoms with Crippen molar-refractivity contribution in [1.82, 2.24) is 9.97 Å². The Labute approximate surface area is 66.9 Å². The molecule has 0 aromatic carbocycles. The van der Waals surface area contributed by atoms with Gasteiger partial charge in [0.15, 0.2) is 0 Å². The predicted molar refractivity (Wildman–Crippen MR) is 46.2 cm³/mol. The molecule has 56 valence electrons. The number of aromatic nitrogens is 2. The van der Waals surface area contributed by atoms with E-state index in [4.69, 9.17) is 11.5 Å². The van der Waals surface area contributed by atoms with Gasteiger partial charge in [0, 0.05) is 0 Å². The molecule has 5 heteroatoms. The maximum atomic E-state index is 5.57. The van der Waals surface area contributed by atoms with Gasteiger partial charge in [-0.1, -0.05) is 11.3 Å². The van der Waals surface area contributed by atoms with Crippen LogP contribution in [0.1, 0.15) is 0 Å². The molecule has 4 nitrogen and oxygen atoms in total. The second-order valence-corrected chi connectivity index (χ2v) is 3.19. The Bertz CT molecular complexity index is 394. The number of nitrogen functional groups attached to an aromatic ring is 2. The van der Waals surface area contributed by atoms with Gasteiger partial charge in [-0.15, -0.1) is 0 Å². The zero-order valence-corrected chi connectivity index (χ0v) is 6.43. The predicted octanol–water partition coefficient (Wildman–Crippen LogP) is 0.856. The quantitative estimate of drug-likeness (QED) is 0.608. The molecule has 0 saturated heterocycles. The molecule has 2 heterocycles. The van der Waals surface area contributed by atoms with Gasteiger partial charge in [-0.2, -0.15) is 0 Å². The molecule has 2 rings (SSSR count). The Morgan fingerprint density at radius 3 is 2.82 bits per heavy atom. The summed E-state index contributed by atoms with van der Waals surface area (Å²) in [6, 6.07) is 1.79. The van der Waals surface area contributed by atoms with Gasteiger partial charge < -0.3 is 11.5 Å². The molecule has 4 N–H and O–H groups in total. The Morgan fingerprint density at radius 2 is 2.09 bits per heavy atom. The van der Waals surface area contributed by atoms with Crippen LogP contribution in [0.25, 0.3) is 10.2 Å². The average Bonchev–Trinajstić information content (AvgIpc) is 2.31. The van der Waals surface area contributed by atoms with E-state index < -0.39 is 0 Å². The highest BCUT2D eigenvalue weighted by Gasteiger charge is 2.02. The molecule has 0 aliphatic carbocycles. The van der Waals surface area contributed by atoms with Crippen molar-refractivity contribution in [2.45, 2.75) is 0 Å². The number of anilines is 2. The highest BCUT2D eigenvalue weighted by atomic mass is 32.1. The molecule has 2 aromatic heterocycles. The standard InChI is InChI=1S/C6H6N4S/c7-4-1-3-5(8)9-2-10-6(3)11-4/h1-2H,7H2,(H2,8,9,10). The minimum absolute atomic E-state index is 0.489. The van der Waals surface area contributed by atoms with E-state index in [1.54, 1.807) is 6.07 Å². The lowest BCUT2D eigenvalue weighted by Crippen LogP contribution is -1.89. The number of nitrogens with zero attached hydrogens (tertiary/aromatic N) is 2. The number of nitrogens with two attached hydrogens (primary N) is 2. The van der Waals surface area contributed by atoms with Crippen LogP contribution in [0, 0.1) is 0 Å². The van der Waals surface area contributed by atoms with E-state index in [0.717, 1.165) is 10.2 Å². The second kappa shape index (κ2) is 2.06. The van der Waals surface area contributed by atoms with Crippen molar-refractivity contribution in [3.05, 3.63) is 12.4 Å². The summed E-state index contributed by atoms with van der Waals surface area (Å²) in [5.74, 6) is 0.489. The fourth-order valence-electron chi connectivity index (χ4n) is 0.893. The molecular formula is C6H6N4S. The van der Waals surface area contributed by atoms with Crippen molar-refractivity contribution in [2.24, 2.45) is 0 Å². The minimum Gasteiger partial charge on any atom is -0.391 e. The van der Waals surface area contributed by atoms with Crippen molar-refractivity contribution >= 4 is 32.4 Å². The van der Waals surface area contributed by atoms with Gasteiger partial charge in [0.1, 0.15) is 17.0 Å². The fourth-order valence-corrected chi connectivity index (χ4v) is 1.67. The number of hydrogen-bond donors (Lipinski definition) is 2. The van der Waals surface area contributed by atoms with Gasteiger partial charge in [-0.05, 0) is 6.07 Å². The molecule has 0 saturated carbocycles. The smallest absolute Gasteiger partial charge is 0.135 e. The van der Waals surface area contributed by atoms with Gasteiger partial charge in [0.25, 0.3) is 0 Å². The third-order valence-electron chi connectivity index (χ3n) is 1.38. The van der Waals surface area contributed by atoms with E-state index in [9.17, 15) is 0 Å². The van der Waals surface area contributed by atoms with E-state index in [-0.39, 0.29) is 0 Å². The van der Waals surface area contributed by atoms with Crippen LogP contribution in [-0.4, -0.2) is 9.97 Å². The first kappa shape index (κ1) is 6.36. The molecular weight excluding hydrogens is 160 g/mol. The van der Waals surface area contributed by atoms with Crippen molar-refractivity contribution < 1.29 is 0 Å². The van der Waals surface area contributed by atoms with Crippen molar-refractivity contribution in [3.63, 3.8) is 0 Å². The van der Waals surface area contributed by atoms with E-state index in [0.29, 0.717) is 10.8 Å². The highest BCUT2D eigenvalue weighted by molar-refractivity contribution is 7.22. The third-order valence-corrected chi connectivity index (χ3v) is 2.25. The maximum Gasteiger partial charge on any atom is 0.135 e. The molecule has 0 atom stereocenters. The topological polar surface area (TPSA) is 77.8 Å². The van der Waals surface area contributed by atoms with Crippen molar-refractivity contribution in [3.8, 4) is 0 Å². The van der Waals surface area contributed by atoms with Crippen LogP contribution < -0.4 is 11.5 Å². The summed E-state index contributed by atoms with van der Waals surface area (Å²) in [4.78, 5) is 8.69. The summed E-state index contributed by atoms with van der Waals surface area (Å²) in [5, 5.41) is 1.56. The monoisotopic (exact) mass is 166 g/mol. The van der Waals surface area contributed by atoms with E-state index in [1.807, 2.05) is 0 Å². The summed E-state index contributed by atoms with van der Waals surface area (Å²) in [7, 11) is 0. The molecule has 0 unspecified atom stereocenters. The summed E-state index contributed by atoms with van der Waals surface area (Å²) >= 11 is 1.41. The summed E-state index contributed by atoms with van der Waals surface area (Å²) < 4.78 is 0. The van der Waals surface area contributed by atoms with Gasteiger partial charge in [0.05, 0.1) is 10.4 Å². The summed E-state index contributed by atoms with van der Waals surface area (Å²) in [6.07, 6.45) is 1.44. The normalized spacial score (nSPS) is 10.5. The number of hydrogen-bond acceptors (Lipinski definition) is 5. The van der Waals surface area contributed by atoms with Gasteiger partial charge >= 0.3 is 0 Å². The van der Waals surface area contributed by atoms with E-state index >= 15 is 0 Å². The molecule has 0 bridgehead atoms. The zero-order valence-electron chi connectivity index (χ0n) is 5.61. The minimum atomic E-state index is 0.489. The largest absolute Gasteiger partial charge is 0.391 e. The first-order chi connectivity index (χ1) is 5.27. The lowest BCUT2D eigenvalue weighted by atomic mass is 10.4. The molecule has 11 heavy (non-hydrogen) atoms.